The molecule has 0 N–H and O–H groups in total. The predicted molar refractivity (Wildman–Crippen MR) is 112 cm³/mol. The van der Waals surface area contributed by atoms with Gasteiger partial charge in [0.1, 0.15) is 0 Å². The Morgan fingerprint density at radius 2 is 1.86 bits per heavy atom. The fourth-order valence-electron chi connectivity index (χ4n) is 3.86. The van der Waals surface area contributed by atoms with E-state index in [-0.39, 0.29) is 5.91 Å². The third kappa shape index (κ3) is 4.45. The Balaban J connectivity index is 1.46. The molecule has 28 heavy (non-hydrogen) atoms. The normalized spacial score (nSPS) is 17.3. The lowest BCUT2D eigenvalue weighted by Gasteiger charge is -2.25. The Hall–Kier alpha value is -2.59. The molecule has 1 aliphatic rings. The number of rotatable bonds is 4. The molecule has 0 spiro atoms. The van der Waals surface area contributed by atoms with Crippen LogP contribution < -0.4 is 0 Å². The summed E-state index contributed by atoms with van der Waals surface area (Å²) >= 11 is 6.03. The number of carbonyl (C=O) groups is 1. The second-order valence-electron chi connectivity index (χ2n) is 7.43. The van der Waals surface area contributed by atoms with Crippen molar-refractivity contribution in [2.45, 2.75) is 31.7 Å². The molecule has 2 heterocycles. The highest BCUT2D eigenvalue weighted by atomic mass is 35.5. The molecule has 4 nitrogen and oxygen atoms in total. The van der Waals surface area contributed by atoms with E-state index in [1.807, 2.05) is 52.1 Å². The van der Waals surface area contributed by atoms with E-state index in [1.165, 1.54) is 5.56 Å². The molecular formula is C23H24ClN3O. The minimum Gasteiger partial charge on any atom is -0.338 e. The molecule has 1 atom stereocenters. The summed E-state index contributed by atoms with van der Waals surface area (Å²) in [5.74, 6) is 0.485. The number of likely N-dealkylation sites (tertiary alicyclic amines) is 1. The second-order valence-corrected chi connectivity index (χ2v) is 7.86. The number of amides is 1. The van der Waals surface area contributed by atoms with Crippen molar-refractivity contribution in [1.82, 2.24) is 14.5 Å². The van der Waals surface area contributed by atoms with Crippen LogP contribution in [0.25, 0.3) is 0 Å². The molecule has 1 saturated heterocycles. The highest BCUT2D eigenvalue weighted by molar-refractivity contribution is 6.30. The molecule has 1 amide bonds. The Kier molecular flexibility index (Phi) is 5.77. The van der Waals surface area contributed by atoms with E-state index in [2.05, 4.69) is 17.1 Å². The summed E-state index contributed by atoms with van der Waals surface area (Å²) < 4.78 is 2.02. The van der Waals surface area contributed by atoms with Crippen LogP contribution in [0.2, 0.25) is 5.02 Å². The predicted octanol–water partition coefficient (Wildman–Crippen LogP) is 4.99. The van der Waals surface area contributed by atoms with Crippen molar-refractivity contribution in [2.75, 3.05) is 13.1 Å². The van der Waals surface area contributed by atoms with Crippen molar-refractivity contribution < 1.29 is 4.79 Å². The molecule has 0 radical (unpaired) electrons. The van der Waals surface area contributed by atoms with Crippen LogP contribution in [0.4, 0.5) is 0 Å². The van der Waals surface area contributed by atoms with Crippen LogP contribution in [-0.4, -0.2) is 33.4 Å². The van der Waals surface area contributed by atoms with Gasteiger partial charge in [0.15, 0.2) is 0 Å². The number of aromatic nitrogens is 2. The van der Waals surface area contributed by atoms with E-state index >= 15 is 0 Å². The fraction of sp³-hybridized carbons (Fsp3) is 0.304. The summed E-state index contributed by atoms with van der Waals surface area (Å²) in [7, 11) is 0. The van der Waals surface area contributed by atoms with Crippen LogP contribution in [0.1, 0.15) is 46.7 Å². The third-order valence-electron chi connectivity index (χ3n) is 5.43. The summed E-state index contributed by atoms with van der Waals surface area (Å²) in [5.41, 5.74) is 3.18. The SMILES string of the molecule is O=C(c1ccc(Cn2ccnc2)cc1)N1CCCCC(c2ccc(Cl)cc2)C1. The quantitative estimate of drug-likeness (QED) is 0.626. The molecule has 144 valence electrons. The molecule has 1 fully saturated rings. The van der Waals surface area contributed by atoms with Gasteiger partial charge < -0.3 is 9.47 Å². The van der Waals surface area contributed by atoms with Crippen molar-refractivity contribution in [2.24, 2.45) is 0 Å². The maximum atomic E-state index is 13.1. The van der Waals surface area contributed by atoms with Crippen molar-refractivity contribution in [3.8, 4) is 0 Å². The topological polar surface area (TPSA) is 38.1 Å². The standard InChI is InChI=1S/C23H24ClN3O/c24-22-10-8-19(9-11-22)21-3-1-2-13-27(16-21)23(28)20-6-4-18(5-7-20)15-26-14-12-25-17-26/h4-12,14,17,21H,1-3,13,15-16H2. The van der Waals surface area contributed by atoms with Crippen LogP contribution >= 0.6 is 11.6 Å². The van der Waals surface area contributed by atoms with Gasteiger partial charge in [-0.1, -0.05) is 42.3 Å². The minimum atomic E-state index is 0.120. The number of benzene rings is 2. The molecule has 2 aromatic carbocycles. The first-order valence-electron chi connectivity index (χ1n) is 9.78. The summed E-state index contributed by atoms with van der Waals surface area (Å²) in [4.78, 5) is 19.2. The van der Waals surface area contributed by atoms with Crippen LogP contribution in [0.15, 0.2) is 67.3 Å². The largest absolute Gasteiger partial charge is 0.338 e. The van der Waals surface area contributed by atoms with E-state index in [0.717, 1.165) is 55.0 Å². The maximum absolute atomic E-state index is 13.1. The van der Waals surface area contributed by atoms with Gasteiger partial charge in [-0.15, -0.1) is 0 Å². The van der Waals surface area contributed by atoms with Crippen molar-refractivity contribution in [3.63, 3.8) is 0 Å². The van der Waals surface area contributed by atoms with Crippen molar-refractivity contribution in [3.05, 3.63) is 89.0 Å². The average Bonchev–Trinajstić information content (AvgIpc) is 3.10. The molecule has 3 aromatic rings. The Labute approximate surface area is 170 Å². The summed E-state index contributed by atoms with van der Waals surface area (Å²) in [6.07, 6.45) is 8.81. The molecule has 1 unspecified atom stereocenters. The van der Waals surface area contributed by atoms with Gasteiger partial charge >= 0.3 is 0 Å². The molecule has 1 aliphatic heterocycles. The number of nitrogens with zero attached hydrogens (tertiary/aromatic N) is 3. The molecule has 4 rings (SSSR count). The van der Waals surface area contributed by atoms with Crippen LogP contribution in [0.3, 0.4) is 0 Å². The highest BCUT2D eigenvalue weighted by Gasteiger charge is 2.24. The average molecular weight is 394 g/mol. The molecule has 0 aliphatic carbocycles. The van der Waals surface area contributed by atoms with E-state index in [9.17, 15) is 4.79 Å². The Morgan fingerprint density at radius 3 is 2.57 bits per heavy atom. The number of imidazole rings is 1. The summed E-state index contributed by atoms with van der Waals surface area (Å²) in [6.45, 7) is 2.34. The van der Waals surface area contributed by atoms with Crippen LogP contribution in [0, 0.1) is 0 Å². The highest BCUT2D eigenvalue weighted by Crippen LogP contribution is 2.28. The molecule has 5 heteroatoms. The van der Waals surface area contributed by atoms with Gasteiger partial charge in [-0.2, -0.15) is 0 Å². The number of hydrogen-bond acceptors (Lipinski definition) is 2. The maximum Gasteiger partial charge on any atom is 0.253 e. The van der Waals surface area contributed by atoms with Gasteiger partial charge in [-0.3, -0.25) is 4.79 Å². The van der Waals surface area contributed by atoms with E-state index in [4.69, 9.17) is 11.6 Å². The van der Waals surface area contributed by atoms with E-state index in [0.29, 0.717) is 5.92 Å². The smallest absolute Gasteiger partial charge is 0.253 e. The Morgan fingerprint density at radius 1 is 1.07 bits per heavy atom. The zero-order valence-electron chi connectivity index (χ0n) is 15.8. The van der Waals surface area contributed by atoms with Crippen LogP contribution in [0.5, 0.6) is 0 Å². The van der Waals surface area contributed by atoms with Gasteiger partial charge in [0.25, 0.3) is 5.91 Å². The molecule has 0 saturated carbocycles. The number of hydrogen-bond donors (Lipinski definition) is 0. The first-order chi connectivity index (χ1) is 13.7. The van der Waals surface area contributed by atoms with Crippen LogP contribution in [-0.2, 0) is 6.54 Å². The number of carbonyl (C=O) groups excluding carboxylic acids is 1. The van der Waals surface area contributed by atoms with Crippen molar-refractivity contribution in [1.29, 1.82) is 0 Å². The van der Waals surface area contributed by atoms with Gasteiger partial charge in [0.2, 0.25) is 0 Å². The summed E-state index contributed by atoms with van der Waals surface area (Å²) in [5, 5.41) is 0.751. The monoisotopic (exact) mass is 393 g/mol. The fourth-order valence-corrected chi connectivity index (χ4v) is 3.99. The first-order valence-corrected chi connectivity index (χ1v) is 10.2. The number of halogens is 1. The molecule has 0 bridgehead atoms. The molecule has 1 aromatic heterocycles. The minimum absolute atomic E-state index is 0.120. The lowest BCUT2D eigenvalue weighted by molar-refractivity contribution is 0.0754. The zero-order chi connectivity index (χ0) is 19.3. The molecular weight excluding hydrogens is 370 g/mol. The van der Waals surface area contributed by atoms with Crippen molar-refractivity contribution >= 4 is 17.5 Å². The Bertz CT molecular complexity index is 904. The lowest BCUT2D eigenvalue weighted by atomic mass is 9.94. The van der Waals surface area contributed by atoms with E-state index < -0.39 is 0 Å². The second kappa shape index (κ2) is 8.61. The van der Waals surface area contributed by atoms with Gasteiger partial charge in [-0.25, -0.2) is 4.98 Å². The van der Waals surface area contributed by atoms with Gasteiger partial charge in [0.05, 0.1) is 6.33 Å². The van der Waals surface area contributed by atoms with Gasteiger partial charge in [0, 0.05) is 48.5 Å². The van der Waals surface area contributed by atoms with Gasteiger partial charge in [-0.05, 0) is 48.2 Å². The third-order valence-corrected chi connectivity index (χ3v) is 5.68. The first kappa shape index (κ1) is 18.8. The zero-order valence-corrected chi connectivity index (χ0v) is 16.6. The summed E-state index contributed by atoms with van der Waals surface area (Å²) in [6, 6.07) is 16.0. The van der Waals surface area contributed by atoms with E-state index in [1.54, 1.807) is 12.5 Å². The lowest BCUT2D eigenvalue weighted by Crippen LogP contribution is -2.34.